The van der Waals surface area contributed by atoms with E-state index in [1.165, 1.54) is 11.1 Å². The molecule has 0 aliphatic carbocycles. The van der Waals surface area contributed by atoms with Crippen LogP contribution in [-0.2, 0) is 17.0 Å². The summed E-state index contributed by atoms with van der Waals surface area (Å²) in [6.45, 7) is 4.72. The number of benzene rings is 1. The minimum atomic E-state index is 0.0641. The van der Waals surface area contributed by atoms with Gasteiger partial charge < -0.3 is 9.72 Å². The molecule has 4 rings (SSSR count). The van der Waals surface area contributed by atoms with E-state index in [9.17, 15) is 4.79 Å². The van der Waals surface area contributed by atoms with Gasteiger partial charge in [0.25, 0.3) is 0 Å². The van der Waals surface area contributed by atoms with E-state index in [1.807, 2.05) is 23.6 Å². The topological polar surface area (TPSA) is 59.3 Å². The summed E-state index contributed by atoms with van der Waals surface area (Å²) in [5.41, 5.74) is 6.50. The molecular weight excluding hydrogens is 412 g/mol. The third kappa shape index (κ3) is 5.29. The first-order valence-electron chi connectivity index (χ1n) is 9.87. The van der Waals surface area contributed by atoms with Gasteiger partial charge in [-0.25, -0.2) is 9.97 Å². The molecule has 1 amide bonds. The molecule has 3 aromatic heterocycles. The summed E-state index contributed by atoms with van der Waals surface area (Å²) in [7, 11) is 0. The summed E-state index contributed by atoms with van der Waals surface area (Å²) in [5, 5.41) is 6.16. The van der Waals surface area contributed by atoms with Crippen molar-refractivity contribution in [1.82, 2.24) is 19.7 Å². The molecule has 3 heterocycles. The first-order valence-corrected chi connectivity index (χ1v) is 11.9. The highest BCUT2D eigenvalue weighted by atomic mass is 32.2. The van der Waals surface area contributed by atoms with Crippen molar-refractivity contribution in [3.63, 3.8) is 0 Å². The molecule has 4 aromatic rings. The third-order valence-corrected chi connectivity index (χ3v) is 6.48. The average molecular weight is 437 g/mol. The quantitative estimate of drug-likeness (QED) is 0.436. The zero-order valence-corrected chi connectivity index (χ0v) is 18.7. The summed E-state index contributed by atoms with van der Waals surface area (Å²) in [6.07, 6.45) is 4.91. The number of hydrogen-bond donors (Lipinski definition) is 1. The molecule has 0 saturated heterocycles. The van der Waals surface area contributed by atoms with Crippen LogP contribution in [0, 0.1) is 13.8 Å². The van der Waals surface area contributed by atoms with Gasteiger partial charge in [0.15, 0.2) is 0 Å². The van der Waals surface area contributed by atoms with Gasteiger partial charge in [0.05, 0.1) is 22.1 Å². The first-order chi connectivity index (χ1) is 14.6. The highest BCUT2D eigenvalue weighted by molar-refractivity contribution is 7.99. The molecule has 0 aliphatic heterocycles. The molecule has 1 aromatic carbocycles. The van der Waals surface area contributed by atoms with Gasteiger partial charge in [0.1, 0.15) is 5.65 Å². The lowest BCUT2D eigenvalue weighted by Gasteiger charge is -2.06. The number of rotatable bonds is 8. The Hall–Kier alpha value is -2.64. The number of thioether (sulfide) groups is 1. The van der Waals surface area contributed by atoms with E-state index < -0.39 is 0 Å². The standard InChI is InChI=1S/C23H24N4OS2/c1-16-3-8-22-26-20(12-27(22)11-16)13-29-15-23(28)24-10-9-18-4-6-19(7-5-18)21-14-30-17(2)25-21/h3-8,11-12,14H,9-10,13,15H2,1-2H3,(H,24,28). The molecule has 0 spiro atoms. The maximum Gasteiger partial charge on any atom is 0.230 e. The molecule has 0 fully saturated rings. The second kappa shape index (κ2) is 9.45. The minimum absolute atomic E-state index is 0.0641. The van der Waals surface area contributed by atoms with Crippen LogP contribution >= 0.6 is 23.1 Å². The number of aryl methyl sites for hydroxylation is 2. The predicted octanol–water partition coefficient (Wildman–Crippen LogP) is 4.67. The van der Waals surface area contributed by atoms with Crippen molar-refractivity contribution in [3.05, 3.63) is 76.0 Å². The van der Waals surface area contributed by atoms with Crippen LogP contribution in [0.15, 0.2) is 54.2 Å². The molecule has 0 atom stereocenters. The molecule has 154 valence electrons. The Bertz CT molecular complexity index is 1150. The Morgan fingerprint density at radius 2 is 1.93 bits per heavy atom. The number of pyridine rings is 1. The van der Waals surface area contributed by atoms with E-state index in [2.05, 4.69) is 64.1 Å². The summed E-state index contributed by atoms with van der Waals surface area (Å²) in [4.78, 5) is 21.2. The van der Waals surface area contributed by atoms with Gasteiger partial charge in [0, 0.05) is 35.6 Å². The van der Waals surface area contributed by atoms with Crippen LogP contribution in [0.5, 0.6) is 0 Å². The number of nitrogens with zero attached hydrogens (tertiary/aromatic N) is 3. The summed E-state index contributed by atoms with van der Waals surface area (Å²) < 4.78 is 2.03. The van der Waals surface area contributed by atoms with Crippen molar-refractivity contribution in [3.8, 4) is 11.3 Å². The lowest BCUT2D eigenvalue weighted by molar-refractivity contribution is -0.118. The molecule has 0 aliphatic rings. The first kappa shape index (κ1) is 20.6. The van der Waals surface area contributed by atoms with Gasteiger partial charge in [-0.3, -0.25) is 4.79 Å². The fourth-order valence-corrected chi connectivity index (χ4v) is 4.57. The van der Waals surface area contributed by atoms with Crippen molar-refractivity contribution < 1.29 is 4.79 Å². The Kier molecular flexibility index (Phi) is 6.50. The number of nitrogens with one attached hydrogen (secondary N) is 1. The van der Waals surface area contributed by atoms with Crippen molar-refractivity contribution in [2.45, 2.75) is 26.0 Å². The zero-order chi connectivity index (χ0) is 20.9. The van der Waals surface area contributed by atoms with Crippen LogP contribution in [0.2, 0.25) is 0 Å². The highest BCUT2D eigenvalue weighted by Crippen LogP contribution is 2.22. The smallest absolute Gasteiger partial charge is 0.230 e. The van der Waals surface area contributed by atoms with E-state index in [-0.39, 0.29) is 5.91 Å². The minimum Gasteiger partial charge on any atom is -0.355 e. The van der Waals surface area contributed by atoms with Crippen molar-refractivity contribution in [2.24, 2.45) is 0 Å². The molecular formula is C23H24N4OS2. The van der Waals surface area contributed by atoms with Gasteiger partial charge in [-0.2, -0.15) is 0 Å². The van der Waals surface area contributed by atoms with Crippen molar-refractivity contribution in [2.75, 3.05) is 12.3 Å². The maximum absolute atomic E-state index is 12.1. The molecule has 0 saturated carbocycles. The van der Waals surface area contributed by atoms with Gasteiger partial charge in [0.2, 0.25) is 5.91 Å². The molecule has 0 radical (unpaired) electrons. The van der Waals surface area contributed by atoms with Crippen LogP contribution in [-0.4, -0.2) is 32.6 Å². The van der Waals surface area contributed by atoms with Crippen LogP contribution in [0.3, 0.4) is 0 Å². The van der Waals surface area contributed by atoms with Crippen molar-refractivity contribution in [1.29, 1.82) is 0 Å². The largest absolute Gasteiger partial charge is 0.355 e. The van der Waals surface area contributed by atoms with Gasteiger partial charge in [-0.05, 0) is 37.5 Å². The monoisotopic (exact) mass is 436 g/mol. The van der Waals surface area contributed by atoms with Gasteiger partial charge in [-0.15, -0.1) is 23.1 Å². The molecule has 5 nitrogen and oxygen atoms in total. The number of carbonyl (C=O) groups is 1. The van der Waals surface area contributed by atoms with Crippen LogP contribution in [0.25, 0.3) is 16.9 Å². The zero-order valence-electron chi connectivity index (χ0n) is 17.1. The predicted molar refractivity (Wildman–Crippen MR) is 125 cm³/mol. The van der Waals surface area contributed by atoms with E-state index in [0.717, 1.165) is 39.8 Å². The highest BCUT2D eigenvalue weighted by Gasteiger charge is 2.06. The lowest BCUT2D eigenvalue weighted by Crippen LogP contribution is -2.27. The Morgan fingerprint density at radius 1 is 1.10 bits per heavy atom. The SMILES string of the molecule is Cc1ccc2nc(CSCC(=O)NCCc3ccc(-c4csc(C)n4)cc3)cn2c1. The number of aromatic nitrogens is 3. The fraction of sp³-hybridized carbons (Fsp3) is 0.261. The van der Waals surface area contributed by atoms with Crippen molar-refractivity contribution >= 4 is 34.7 Å². The Morgan fingerprint density at radius 3 is 2.70 bits per heavy atom. The number of fused-ring (bicyclic) bond motifs is 1. The number of hydrogen-bond acceptors (Lipinski definition) is 5. The average Bonchev–Trinajstić information content (AvgIpc) is 3.34. The van der Waals surface area contributed by atoms with E-state index in [4.69, 9.17) is 0 Å². The third-order valence-electron chi connectivity index (χ3n) is 4.74. The lowest BCUT2D eigenvalue weighted by atomic mass is 10.1. The van der Waals surface area contributed by atoms with Crippen LogP contribution in [0.4, 0.5) is 0 Å². The van der Waals surface area contributed by atoms with Gasteiger partial charge >= 0.3 is 0 Å². The summed E-state index contributed by atoms with van der Waals surface area (Å²) >= 11 is 3.25. The molecule has 30 heavy (non-hydrogen) atoms. The molecule has 0 unspecified atom stereocenters. The number of amides is 1. The van der Waals surface area contributed by atoms with E-state index in [0.29, 0.717) is 12.3 Å². The summed E-state index contributed by atoms with van der Waals surface area (Å²) in [5.74, 6) is 1.23. The number of carbonyl (C=O) groups excluding carboxylic acids is 1. The van der Waals surface area contributed by atoms with Gasteiger partial charge in [-0.1, -0.05) is 30.3 Å². The molecule has 1 N–H and O–H groups in total. The second-order valence-electron chi connectivity index (χ2n) is 7.25. The second-order valence-corrected chi connectivity index (χ2v) is 9.29. The Labute approximate surface area is 184 Å². The normalized spacial score (nSPS) is 11.1. The van der Waals surface area contributed by atoms with Crippen LogP contribution < -0.4 is 5.32 Å². The van der Waals surface area contributed by atoms with E-state index in [1.54, 1.807) is 23.1 Å². The summed E-state index contributed by atoms with van der Waals surface area (Å²) in [6, 6.07) is 12.5. The number of thiazole rings is 1. The maximum atomic E-state index is 12.1. The Balaban J connectivity index is 1.18. The van der Waals surface area contributed by atoms with Crippen LogP contribution in [0.1, 0.15) is 21.8 Å². The number of imidazole rings is 1. The van der Waals surface area contributed by atoms with E-state index >= 15 is 0 Å². The molecule has 0 bridgehead atoms. The fourth-order valence-electron chi connectivity index (χ4n) is 3.21. The molecule has 7 heteroatoms.